The maximum absolute atomic E-state index is 12.0. The zero-order valence-electron chi connectivity index (χ0n) is 10.2. The number of unbranched alkanes of at least 4 members (excludes halogenated alkanes) is 2. The van der Waals surface area contributed by atoms with Gasteiger partial charge >= 0.3 is 0 Å². The summed E-state index contributed by atoms with van der Waals surface area (Å²) >= 11 is 0. The van der Waals surface area contributed by atoms with Crippen molar-refractivity contribution in [1.29, 1.82) is 5.26 Å². The summed E-state index contributed by atoms with van der Waals surface area (Å²) in [6, 6.07) is 2.11. The predicted octanol–water partition coefficient (Wildman–Crippen LogP) is 2.77. The van der Waals surface area contributed by atoms with E-state index in [1.54, 1.807) is 0 Å². The molecule has 1 amide bonds. The van der Waals surface area contributed by atoms with Crippen LogP contribution in [0.2, 0.25) is 0 Å². The van der Waals surface area contributed by atoms with E-state index in [1.807, 2.05) is 0 Å². The average molecular weight is 222 g/mol. The Balaban J connectivity index is 2.21. The molecule has 1 saturated carbocycles. The lowest BCUT2D eigenvalue weighted by Gasteiger charge is -2.32. The molecule has 16 heavy (non-hydrogen) atoms. The Hall–Kier alpha value is -1.04. The Kier molecular flexibility index (Phi) is 5.31. The molecule has 1 rings (SSSR count). The Bertz CT molecular complexity index is 262. The first-order valence-electron chi connectivity index (χ1n) is 6.34. The standard InChI is InChI=1S/C13H22N2O/c1-13(8-4-2-5-9-13)12(16)15-11-7-3-6-10-14/h2-9,11H2,1H3,(H,15,16). The van der Waals surface area contributed by atoms with Gasteiger partial charge in [0.05, 0.1) is 6.07 Å². The highest BCUT2D eigenvalue weighted by Crippen LogP contribution is 2.35. The van der Waals surface area contributed by atoms with Gasteiger partial charge in [-0.15, -0.1) is 0 Å². The molecule has 0 aromatic heterocycles. The SMILES string of the molecule is CC1(C(=O)NCCCCC#N)CCCCC1. The van der Waals surface area contributed by atoms with Gasteiger partial charge in [-0.3, -0.25) is 4.79 Å². The van der Waals surface area contributed by atoms with Crippen molar-refractivity contribution in [3.05, 3.63) is 0 Å². The van der Waals surface area contributed by atoms with Crippen LogP contribution in [0.1, 0.15) is 58.3 Å². The quantitative estimate of drug-likeness (QED) is 0.727. The predicted molar refractivity (Wildman–Crippen MR) is 63.7 cm³/mol. The van der Waals surface area contributed by atoms with Gasteiger partial charge in [0.15, 0.2) is 0 Å². The first-order valence-corrected chi connectivity index (χ1v) is 6.34. The lowest BCUT2D eigenvalue weighted by molar-refractivity contribution is -0.131. The van der Waals surface area contributed by atoms with Crippen LogP contribution in [0.15, 0.2) is 0 Å². The Labute approximate surface area is 98.2 Å². The molecule has 3 heteroatoms. The molecule has 0 atom stereocenters. The van der Waals surface area contributed by atoms with Crippen LogP contribution in [-0.4, -0.2) is 12.5 Å². The highest BCUT2D eigenvalue weighted by molar-refractivity contribution is 5.82. The van der Waals surface area contributed by atoms with E-state index in [-0.39, 0.29) is 11.3 Å². The smallest absolute Gasteiger partial charge is 0.225 e. The second kappa shape index (κ2) is 6.52. The first-order chi connectivity index (χ1) is 7.69. The molecule has 1 aliphatic carbocycles. The molecule has 0 heterocycles. The van der Waals surface area contributed by atoms with Crippen molar-refractivity contribution in [1.82, 2.24) is 5.32 Å². The number of carbonyl (C=O) groups excluding carboxylic acids is 1. The van der Waals surface area contributed by atoms with Gasteiger partial charge in [0.2, 0.25) is 5.91 Å². The van der Waals surface area contributed by atoms with Crippen LogP contribution in [0, 0.1) is 16.7 Å². The van der Waals surface area contributed by atoms with E-state index in [0.29, 0.717) is 6.42 Å². The van der Waals surface area contributed by atoms with Gasteiger partial charge < -0.3 is 5.32 Å². The molecule has 1 aliphatic rings. The molecule has 1 fully saturated rings. The first kappa shape index (κ1) is 13.0. The van der Waals surface area contributed by atoms with Crippen molar-refractivity contribution in [2.45, 2.75) is 58.3 Å². The van der Waals surface area contributed by atoms with Crippen LogP contribution in [0.3, 0.4) is 0 Å². The molecule has 90 valence electrons. The second-order valence-electron chi connectivity index (χ2n) is 4.99. The van der Waals surface area contributed by atoms with Gasteiger partial charge in [-0.2, -0.15) is 5.26 Å². The normalized spacial score (nSPS) is 18.8. The van der Waals surface area contributed by atoms with Crippen LogP contribution >= 0.6 is 0 Å². The third-order valence-corrected chi connectivity index (χ3v) is 3.51. The number of hydrogen-bond acceptors (Lipinski definition) is 2. The Morgan fingerprint density at radius 1 is 1.31 bits per heavy atom. The highest BCUT2D eigenvalue weighted by atomic mass is 16.2. The summed E-state index contributed by atoms with van der Waals surface area (Å²) in [5.41, 5.74) is -0.131. The molecule has 0 bridgehead atoms. The summed E-state index contributed by atoms with van der Waals surface area (Å²) in [6.45, 7) is 2.80. The van der Waals surface area contributed by atoms with Gasteiger partial charge in [0.25, 0.3) is 0 Å². The molecular formula is C13H22N2O. The number of carbonyl (C=O) groups is 1. The fourth-order valence-corrected chi connectivity index (χ4v) is 2.30. The summed E-state index contributed by atoms with van der Waals surface area (Å²) in [6.07, 6.45) is 8.06. The van der Waals surface area contributed by atoms with Gasteiger partial charge in [0, 0.05) is 18.4 Å². The zero-order chi connectivity index (χ0) is 11.9. The highest BCUT2D eigenvalue weighted by Gasteiger charge is 2.33. The minimum Gasteiger partial charge on any atom is -0.356 e. The van der Waals surface area contributed by atoms with Crippen LogP contribution in [-0.2, 0) is 4.79 Å². The van der Waals surface area contributed by atoms with Crippen LogP contribution in [0.5, 0.6) is 0 Å². The number of nitrogens with zero attached hydrogens (tertiary/aromatic N) is 1. The summed E-state index contributed by atoms with van der Waals surface area (Å²) < 4.78 is 0. The molecular weight excluding hydrogens is 200 g/mol. The van der Waals surface area contributed by atoms with E-state index >= 15 is 0 Å². The summed E-state index contributed by atoms with van der Waals surface area (Å²) in [5, 5.41) is 11.4. The maximum atomic E-state index is 12.0. The van der Waals surface area contributed by atoms with Crippen molar-refractivity contribution in [2.75, 3.05) is 6.54 Å². The van der Waals surface area contributed by atoms with Gasteiger partial charge in [0.1, 0.15) is 0 Å². The summed E-state index contributed by atoms with van der Waals surface area (Å²) in [5.74, 6) is 0.212. The molecule has 1 N–H and O–H groups in total. The van der Waals surface area contributed by atoms with Crippen molar-refractivity contribution < 1.29 is 4.79 Å². The number of nitriles is 1. The lowest BCUT2D eigenvalue weighted by atomic mass is 9.75. The molecule has 0 saturated heterocycles. The number of hydrogen-bond donors (Lipinski definition) is 1. The third kappa shape index (κ3) is 3.84. The van der Waals surface area contributed by atoms with Gasteiger partial charge in [-0.25, -0.2) is 0 Å². The maximum Gasteiger partial charge on any atom is 0.225 e. The average Bonchev–Trinajstić information content (AvgIpc) is 2.29. The molecule has 0 spiro atoms. The summed E-state index contributed by atoms with van der Waals surface area (Å²) in [4.78, 5) is 12.0. The fourth-order valence-electron chi connectivity index (χ4n) is 2.30. The fraction of sp³-hybridized carbons (Fsp3) is 0.846. The van der Waals surface area contributed by atoms with Crippen molar-refractivity contribution in [3.8, 4) is 6.07 Å². The number of rotatable bonds is 5. The lowest BCUT2D eigenvalue weighted by Crippen LogP contribution is -2.40. The van der Waals surface area contributed by atoms with Gasteiger partial charge in [-0.05, 0) is 25.7 Å². The minimum atomic E-state index is -0.131. The van der Waals surface area contributed by atoms with Crippen molar-refractivity contribution in [2.24, 2.45) is 5.41 Å². The van der Waals surface area contributed by atoms with Crippen molar-refractivity contribution >= 4 is 5.91 Å². The van der Waals surface area contributed by atoms with E-state index < -0.39 is 0 Å². The molecule has 0 radical (unpaired) electrons. The zero-order valence-corrected chi connectivity index (χ0v) is 10.2. The van der Waals surface area contributed by atoms with Crippen molar-refractivity contribution in [3.63, 3.8) is 0 Å². The van der Waals surface area contributed by atoms with Crippen LogP contribution in [0.25, 0.3) is 0 Å². The van der Waals surface area contributed by atoms with Crippen LogP contribution in [0.4, 0.5) is 0 Å². The molecule has 0 aromatic rings. The number of amides is 1. The number of nitrogens with one attached hydrogen (secondary N) is 1. The molecule has 0 unspecified atom stereocenters. The van der Waals surface area contributed by atoms with E-state index in [4.69, 9.17) is 5.26 Å². The third-order valence-electron chi connectivity index (χ3n) is 3.51. The monoisotopic (exact) mass is 222 g/mol. The molecule has 3 nitrogen and oxygen atoms in total. The van der Waals surface area contributed by atoms with Crippen LogP contribution < -0.4 is 5.32 Å². The second-order valence-corrected chi connectivity index (χ2v) is 4.99. The van der Waals surface area contributed by atoms with Gasteiger partial charge in [-0.1, -0.05) is 26.2 Å². The summed E-state index contributed by atoms with van der Waals surface area (Å²) in [7, 11) is 0. The topological polar surface area (TPSA) is 52.9 Å². The Morgan fingerprint density at radius 2 is 2.00 bits per heavy atom. The Morgan fingerprint density at radius 3 is 2.62 bits per heavy atom. The van der Waals surface area contributed by atoms with E-state index in [9.17, 15) is 4.79 Å². The van der Waals surface area contributed by atoms with E-state index in [2.05, 4.69) is 18.3 Å². The largest absolute Gasteiger partial charge is 0.356 e. The molecule has 0 aliphatic heterocycles. The van der Waals surface area contributed by atoms with E-state index in [0.717, 1.165) is 32.2 Å². The van der Waals surface area contributed by atoms with E-state index in [1.165, 1.54) is 19.3 Å². The molecule has 0 aromatic carbocycles. The minimum absolute atomic E-state index is 0.131.